The van der Waals surface area contributed by atoms with E-state index in [2.05, 4.69) is 15.6 Å². The van der Waals surface area contributed by atoms with Crippen LogP contribution in [0, 0.1) is 0 Å². The molecule has 5 nitrogen and oxygen atoms in total. The number of fused-ring (bicyclic) bond motifs is 3. The zero-order valence-electron chi connectivity index (χ0n) is 10.5. The van der Waals surface area contributed by atoms with Gasteiger partial charge in [0.1, 0.15) is 0 Å². The maximum atomic E-state index is 12.3. The smallest absolute Gasteiger partial charge is 0.251 e. The summed E-state index contributed by atoms with van der Waals surface area (Å²) in [5.74, 6) is 0.0167. The molecule has 2 aromatic heterocycles. The van der Waals surface area contributed by atoms with Crippen molar-refractivity contribution in [1.82, 2.24) is 20.0 Å². The van der Waals surface area contributed by atoms with Crippen molar-refractivity contribution in [1.29, 1.82) is 0 Å². The van der Waals surface area contributed by atoms with Gasteiger partial charge in [0.2, 0.25) is 0 Å². The molecular formula is C14H16N4O. The molecular weight excluding hydrogens is 240 g/mol. The number of carbonyl (C=O) groups excluding carboxylic acids is 1. The Morgan fingerprint density at radius 2 is 2.42 bits per heavy atom. The molecule has 2 N–H and O–H groups in total. The first kappa shape index (κ1) is 11.0. The van der Waals surface area contributed by atoms with E-state index in [0.29, 0.717) is 17.6 Å². The largest absolute Gasteiger partial charge is 0.348 e. The fourth-order valence-electron chi connectivity index (χ4n) is 3.30. The number of carbonyl (C=O) groups is 1. The van der Waals surface area contributed by atoms with Crippen LogP contribution >= 0.6 is 0 Å². The van der Waals surface area contributed by atoms with Crippen LogP contribution < -0.4 is 10.6 Å². The Balaban J connectivity index is 1.53. The molecule has 1 amide bonds. The molecule has 4 rings (SSSR count). The average Bonchev–Trinajstić information content (AvgIpc) is 3.13. The lowest BCUT2D eigenvalue weighted by atomic mass is 9.95. The third kappa shape index (κ3) is 1.81. The number of nitrogens with zero attached hydrogens (tertiary/aromatic N) is 2. The summed E-state index contributed by atoms with van der Waals surface area (Å²) < 4.78 is 1.90. The van der Waals surface area contributed by atoms with Gasteiger partial charge >= 0.3 is 0 Å². The molecule has 0 radical (unpaired) electrons. The van der Waals surface area contributed by atoms with Gasteiger partial charge in [0.15, 0.2) is 0 Å². The zero-order valence-corrected chi connectivity index (χ0v) is 10.5. The van der Waals surface area contributed by atoms with Crippen molar-refractivity contribution in [2.24, 2.45) is 0 Å². The third-order valence-corrected chi connectivity index (χ3v) is 4.29. The zero-order chi connectivity index (χ0) is 12.8. The Bertz CT molecular complexity index is 635. The molecule has 0 aromatic carbocycles. The van der Waals surface area contributed by atoms with E-state index < -0.39 is 0 Å². The van der Waals surface area contributed by atoms with E-state index in [1.807, 2.05) is 22.7 Å². The first-order chi connectivity index (χ1) is 9.29. The number of hydrogen-bond donors (Lipinski definition) is 2. The van der Waals surface area contributed by atoms with Crippen molar-refractivity contribution in [3.05, 3.63) is 36.4 Å². The summed E-state index contributed by atoms with van der Waals surface area (Å²) in [5.41, 5.74) is 1.65. The topological polar surface area (TPSA) is 58.4 Å². The van der Waals surface area contributed by atoms with Crippen LogP contribution in [0.2, 0.25) is 0 Å². The molecule has 2 aliphatic heterocycles. The van der Waals surface area contributed by atoms with Gasteiger partial charge in [-0.3, -0.25) is 4.79 Å². The fourth-order valence-corrected chi connectivity index (χ4v) is 3.30. The lowest BCUT2D eigenvalue weighted by Crippen LogP contribution is -2.42. The maximum absolute atomic E-state index is 12.3. The molecule has 2 fully saturated rings. The van der Waals surface area contributed by atoms with Gasteiger partial charge < -0.3 is 15.0 Å². The highest BCUT2D eigenvalue weighted by Gasteiger charge is 2.39. The highest BCUT2D eigenvalue weighted by atomic mass is 16.1. The normalized spacial score (nSPS) is 28.9. The van der Waals surface area contributed by atoms with Crippen molar-refractivity contribution >= 4 is 11.4 Å². The van der Waals surface area contributed by atoms with Crippen LogP contribution in [0.3, 0.4) is 0 Å². The van der Waals surface area contributed by atoms with Gasteiger partial charge in [-0.15, -0.1) is 0 Å². The van der Waals surface area contributed by atoms with Crippen molar-refractivity contribution in [3.8, 4) is 0 Å². The predicted octanol–water partition coefficient (Wildman–Crippen LogP) is 0.957. The molecule has 98 valence electrons. The summed E-state index contributed by atoms with van der Waals surface area (Å²) in [7, 11) is 0. The molecule has 5 heteroatoms. The molecule has 19 heavy (non-hydrogen) atoms. The Hall–Kier alpha value is -1.88. The van der Waals surface area contributed by atoms with Crippen molar-refractivity contribution in [2.45, 2.75) is 37.4 Å². The van der Waals surface area contributed by atoms with Gasteiger partial charge in [-0.25, -0.2) is 4.98 Å². The van der Waals surface area contributed by atoms with Crippen LogP contribution in [0.1, 0.15) is 29.6 Å². The second-order valence-electron chi connectivity index (χ2n) is 5.50. The van der Waals surface area contributed by atoms with Gasteiger partial charge in [-0.05, 0) is 31.4 Å². The third-order valence-electron chi connectivity index (χ3n) is 4.29. The molecule has 0 spiro atoms. The Morgan fingerprint density at radius 3 is 3.21 bits per heavy atom. The van der Waals surface area contributed by atoms with Crippen molar-refractivity contribution < 1.29 is 4.79 Å². The molecule has 2 saturated heterocycles. The molecule has 2 aliphatic rings. The Kier molecular flexibility index (Phi) is 2.35. The van der Waals surface area contributed by atoms with Gasteiger partial charge in [0.25, 0.3) is 5.91 Å². The van der Waals surface area contributed by atoms with E-state index in [1.54, 1.807) is 12.5 Å². The van der Waals surface area contributed by atoms with Gasteiger partial charge in [-0.2, -0.15) is 0 Å². The molecule has 0 unspecified atom stereocenters. The first-order valence-electron chi connectivity index (χ1n) is 6.78. The van der Waals surface area contributed by atoms with Gasteiger partial charge in [0, 0.05) is 29.9 Å². The van der Waals surface area contributed by atoms with Crippen LogP contribution in [0.25, 0.3) is 5.52 Å². The minimum atomic E-state index is 0.0167. The number of hydrogen-bond acceptors (Lipinski definition) is 3. The summed E-state index contributed by atoms with van der Waals surface area (Å²) in [6.45, 7) is 0. The van der Waals surface area contributed by atoms with Crippen LogP contribution in [-0.2, 0) is 0 Å². The lowest BCUT2D eigenvalue weighted by molar-refractivity contribution is 0.0931. The second-order valence-corrected chi connectivity index (χ2v) is 5.50. The average molecular weight is 256 g/mol. The Labute approximate surface area is 111 Å². The SMILES string of the molecule is O=C(N[C@@H]1C[C@H]2CC[C@@H]1N2)c1ccn2cncc2c1. The van der Waals surface area contributed by atoms with E-state index in [4.69, 9.17) is 0 Å². The van der Waals surface area contributed by atoms with Crippen LogP contribution in [0.15, 0.2) is 30.9 Å². The summed E-state index contributed by atoms with van der Waals surface area (Å²) in [6.07, 6.45) is 8.85. The molecule has 2 aromatic rings. The van der Waals surface area contributed by atoms with Crippen LogP contribution in [0.5, 0.6) is 0 Å². The quantitative estimate of drug-likeness (QED) is 0.841. The summed E-state index contributed by atoms with van der Waals surface area (Å²) in [4.78, 5) is 16.3. The standard InChI is InChI=1S/C14H16N4O/c19-14(17-13-6-10-1-2-12(13)16-10)9-3-4-18-8-15-7-11(18)5-9/h3-5,7-8,10,12-13,16H,1-2,6H2,(H,17,19)/t10-,12+,13-/m1/s1. The molecule has 0 saturated carbocycles. The predicted molar refractivity (Wildman–Crippen MR) is 71.0 cm³/mol. The maximum Gasteiger partial charge on any atom is 0.251 e. The minimum absolute atomic E-state index is 0.0167. The Morgan fingerprint density at radius 1 is 1.47 bits per heavy atom. The first-order valence-corrected chi connectivity index (χ1v) is 6.78. The molecule has 0 aliphatic carbocycles. The van der Waals surface area contributed by atoms with Crippen molar-refractivity contribution in [2.75, 3.05) is 0 Å². The minimum Gasteiger partial charge on any atom is -0.348 e. The summed E-state index contributed by atoms with van der Waals surface area (Å²) >= 11 is 0. The van der Waals surface area contributed by atoms with Gasteiger partial charge in [-0.1, -0.05) is 0 Å². The van der Waals surface area contributed by atoms with Crippen molar-refractivity contribution in [3.63, 3.8) is 0 Å². The van der Waals surface area contributed by atoms with E-state index in [-0.39, 0.29) is 11.9 Å². The van der Waals surface area contributed by atoms with E-state index in [9.17, 15) is 4.79 Å². The number of aromatic nitrogens is 2. The highest BCUT2D eigenvalue weighted by Crippen LogP contribution is 2.28. The number of nitrogens with one attached hydrogen (secondary N) is 2. The lowest BCUT2D eigenvalue weighted by Gasteiger charge is -2.21. The number of pyridine rings is 1. The van der Waals surface area contributed by atoms with Gasteiger partial charge in [0.05, 0.1) is 18.0 Å². The fraction of sp³-hybridized carbons (Fsp3) is 0.429. The van der Waals surface area contributed by atoms with Crippen LogP contribution in [0.4, 0.5) is 0 Å². The summed E-state index contributed by atoms with van der Waals surface area (Å²) in [6, 6.07) is 5.07. The van der Waals surface area contributed by atoms with E-state index >= 15 is 0 Å². The number of rotatable bonds is 2. The second kappa shape index (κ2) is 4.06. The summed E-state index contributed by atoms with van der Waals surface area (Å²) in [5, 5.41) is 6.68. The monoisotopic (exact) mass is 256 g/mol. The molecule has 3 atom stereocenters. The number of amides is 1. The van der Waals surface area contributed by atoms with E-state index in [0.717, 1.165) is 11.9 Å². The van der Waals surface area contributed by atoms with E-state index in [1.165, 1.54) is 12.8 Å². The van der Waals surface area contributed by atoms with Crippen LogP contribution in [-0.4, -0.2) is 33.4 Å². The number of imidazole rings is 1. The molecule has 4 heterocycles. The molecule has 2 bridgehead atoms. The highest BCUT2D eigenvalue weighted by molar-refractivity contribution is 5.95.